The van der Waals surface area contributed by atoms with E-state index in [2.05, 4.69) is 5.32 Å². The number of non-ortho nitro benzene ring substituents is 2. The van der Waals surface area contributed by atoms with E-state index >= 15 is 0 Å². The zero-order chi connectivity index (χ0) is 19.3. The summed E-state index contributed by atoms with van der Waals surface area (Å²) in [5.74, 6) is -0.826. The number of nitro benzene ring substituents is 2. The normalized spacial score (nSPS) is 10.7. The van der Waals surface area contributed by atoms with Crippen molar-refractivity contribution in [1.82, 2.24) is 0 Å². The standard InChI is InChI=1S/C16H9ClN4O5/c17-14-6-5-13(21(25)26)8-15(14)19-16(22)11(9-18)7-10-1-3-12(4-2-10)20(23)24/h1-8H,(H,19,22). The van der Waals surface area contributed by atoms with Gasteiger partial charge in [-0.2, -0.15) is 5.26 Å². The van der Waals surface area contributed by atoms with Gasteiger partial charge in [-0.3, -0.25) is 25.0 Å². The first-order valence-corrected chi connectivity index (χ1v) is 7.31. The summed E-state index contributed by atoms with van der Waals surface area (Å²) in [7, 11) is 0. The van der Waals surface area contributed by atoms with Crippen LogP contribution in [0.4, 0.5) is 17.1 Å². The molecule has 0 heterocycles. The molecule has 2 rings (SSSR count). The highest BCUT2D eigenvalue weighted by molar-refractivity contribution is 6.34. The highest BCUT2D eigenvalue weighted by atomic mass is 35.5. The molecule has 1 N–H and O–H groups in total. The van der Waals surface area contributed by atoms with Crippen molar-refractivity contribution in [1.29, 1.82) is 5.26 Å². The Bertz CT molecular complexity index is 964. The molecule has 0 aliphatic heterocycles. The molecule has 1 amide bonds. The van der Waals surface area contributed by atoms with E-state index < -0.39 is 15.8 Å². The summed E-state index contributed by atoms with van der Waals surface area (Å²) in [4.78, 5) is 32.4. The maximum Gasteiger partial charge on any atom is 0.271 e. The van der Waals surface area contributed by atoms with Crippen LogP contribution in [0.15, 0.2) is 48.0 Å². The van der Waals surface area contributed by atoms with Crippen LogP contribution in [0.25, 0.3) is 6.08 Å². The zero-order valence-corrected chi connectivity index (χ0v) is 13.6. The summed E-state index contributed by atoms with van der Waals surface area (Å²) in [6.45, 7) is 0. The smallest absolute Gasteiger partial charge is 0.271 e. The Hall–Kier alpha value is -3.77. The van der Waals surface area contributed by atoms with Crippen molar-refractivity contribution >= 4 is 40.6 Å². The maximum atomic E-state index is 12.2. The van der Waals surface area contributed by atoms with E-state index in [9.17, 15) is 25.0 Å². The predicted octanol–water partition coefficient (Wildman–Crippen LogP) is 3.70. The Morgan fingerprint density at radius 1 is 1.08 bits per heavy atom. The van der Waals surface area contributed by atoms with Crippen LogP contribution in [0.5, 0.6) is 0 Å². The molecule has 0 fully saturated rings. The van der Waals surface area contributed by atoms with Crippen molar-refractivity contribution in [2.24, 2.45) is 0 Å². The first kappa shape index (κ1) is 18.6. The third-order valence-corrected chi connectivity index (χ3v) is 3.52. The largest absolute Gasteiger partial charge is 0.320 e. The predicted molar refractivity (Wildman–Crippen MR) is 93.4 cm³/mol. The fourth-order valence-corrected chi connectivity index (χ4v) is 2.08. The van der Waals surface area contributed by atoms with Crippen molar-refractivity contribution in [2.45, 2.75) is 0 Å². The Morgan fingerprint density at radius 2 is 1.65 bits per heavy atom. The van der Waals surface area contributed by atoms with Crippen molar-refractivity contribution in [2.75, 3.05) is 5.32 Å². The van der Waals surface area contributed by atoms with Crippen molar-refractivity contribution < 1.29 is 14.6 Å². The molecular formula is C16H9ClN4O5. The van der Waals surface area contributed by atoms with E-state index in [-0.39, 0.29) is 27.7 Å². The summed E-state index contributed by atoms with van der Waals surface area (Å²) < 4.78 is 0. The second-order valence-corrected chi connectivity index (χ2v) is 5.30. The van der Waals surface area contributed by atoms with Gasteiger partial charge in [0.25, 0.3) is 17.3 Å². The quantitative estimate of drug-likeness (QED) is 0.367. The van der Waals surface area contributed by atoms with Gasteiger partial charge in [0, 0.05) is 24.3 Å². The van der Waals surface area contributed by atoms with E-state index in [4.69, 9.17) is 16.9 Å². The zero-order valence-electron chi connectivity index (χ0n) is 12.9. The number of amides is 1. The molecule has 0 saturated heterocycles. The second kappa shape index (κ2) is 7.87. The van der Waals surface area contributed by atoms with Gasteiger partial charge in [0.15, 0.2) is 0 Å². The van der Waals surface area contributed by atoms with Crippen LogP contribution in [0.1, 0.15) is 5.56 Å². The van der Waals surface area contributed by atoms with Crippen molar-refractivity contribution in [3.8, 4) is 6.07 Å². The first-order chi connectivity index (χ1) is 12.3. The van der Waals surface area contributed by atoms with Gasteiger partial charge >= 0.3 is 0 Å². The van der Waals surface area contributed by atoms with Gasteiger partial charge in [0.05, 0.1) is 20.6 Å². The molecule has 0 atom stereocenters. The van der Waals surface area contributed by atoms with Gasteiger partial charge in [0.1, 0.15) is 11.6 Å². The number of rotatable bonds is 5. The number of nitrogens with zero attached hydrogens (tertiary/aromatic N) is 3. The molecule has 0 aromatic heterocycles. The van der Waals surface area contributed by atoms with E-state index in [0.717, 1.165) is 6.07 Å². The van der Waals surface area contributed by atoms with Gasteiger partial charge in [-0.15, -0.1) is 0 Å². The average molecular weight is 373 g/mol. The lowest BCUT2D eigenvalue weighted by Gasteiger charge is -2.06. The Morgan fingerprint density at radius 3 is 2.19 bits per heavy atom. The Balaban J connectivity index is 2.26. The lowest BCUT2D eigenvalue weighted by molar-refractivity contribution is -0.385. The summed E-state index contributed by atoms with van der Waals surface area (Å²) >= 11 is 5.90. The van der Waals surface area contributed by atoms with Crippen LogP contribution in [0.3, 0.4) is 0 Å². The van der Waals surface area contributed by atoms with Crippen LogP contribution in [-0.4, -0.2) is 15.8 Å². The summed E-state index contributed by atoms with van der Waals surface area (Å²) in [6, 6.07) is 10.4. The number of nitro groups is 2. The monoisotopic (exact) mass is 372 g/mol. The average Bonchev–Trinajstić information content (AvgIpc) is 2.61. The minimum absolute atomic E-state index is 0.0179. The Kier molecular flexibility index (Phi) is 5.62. The van der Waals surface area contributed by atoms with Crippen LogP contribution in [0.2, 0.25) is 5.02 Å². The molecule has 2 aromatic carbocycles. The highest BCUT2D eigenvalue weighted by Crippen LogP contribution is 2.27. The molecule has 0 saturated carbocycles. The summed E-state index contributed by atoms with van der Waals surface area (Å²) in [6.07, 6.45) is 1.23. The lowest BCUT2D eigenvalue weighted by atomic mass is 10.1. The number of nitrogens with one attached hydrogen (secondary N) is 1. The third kappa shape index (κ3) is 4.40. The molecule has 0 radical (unpaired) electrons. The first-order valence-electron chi connectivity index (χ1n) is 6.93. The van der Waals surface area contributed by atoms with E-state index in [1.165, 1.54) is 42.5 Å². The number of hydrogen-bond acceptors (Lipinski definition) is 6. The molecule has 10 heteroatoms. The lowest BCUT2D eigenvalue weighted by Crippen LogP contribution is -2.14. The summed E-state index contributed by atoms with van der Waals surface area (Å²) in [5, 5.41) is 33.0. The minimum Gasteiger partial charge on any atom is -0.320 e. The molecule has 0 unspecified atom stereocenters. The third-order valence-electron chi connectivity index (χ3n) is 3.19. The topological polar surface area (TPSA) is 139 Å². The van der Waals surface area contributed by atoms with Crippen LogP contribution in [0, 0.1) is 31.6 Å². The molecule has 0 aliphatic rings. The van der Waals surface area contributed by atoms with Crippen LogP contribution in [-0.2, 0) is 4.79 Å². The number of nitriles is 1. The maximum absolute atomic E-state index is 12.2. The number of anilines is 1. The van der Waals surface area contributed by atoms with Crippen molar-refractivity contribution in [3.63, 3.8) is 0 Å². The fraction of sp³-hybridized carbons (Fsp3) is 0. The number of carbonyl (C=O) groups excluding carboxylic acids is 1. The van der Waals surface area contributed by atoms with Gasteiger partial charge < -0.3 is 5.32 Å². The fourth-order valence-electron chi connectivity index (χ4n) is 1.92. The molecule has 0 spiro atoms. The second-order valence-electron chi connectivity index (χ2n) is 4.89. The van der Waals surface area contributed by atoms with Gasteiger partial charge in [0.2, 0.25) is 0 Å². The Labute approximate surface area is 151 Å². The van der Waals surface area contributed by atoms with E-state index in [1.807, 2.05) is 0 Å². The number of benzene rings is 2. The summed E-state index contributed by atoms with van der Waals surface area (Å²) in [5.41, 5.74) is -0.333. The van der Waals surface area contributed by atoms with E-state index in [1.54, 1.807) is 6.07 Å². The highest BCUT2D eigenvalue weighted by Gasteiger charge is 2.15. The molecule has 0 bridgehead atoms. The minimum atomic E-state index is -0.826. The number of halogens is 1. The van der Waals surface area contributed by atoms with Gasteiger partial charge in [-0.25, -0.2) is 0 Å². The van der Waals surface area contributed by atoms with Gasteiger partial charge in [-0.1, -0.05) is 11.6 Å². The van der Waals surface area contributed by atoms with Crippen LogP contribution >= 0.6 is 11.6 Å². The SMILES string of the molecule is N#CC(=Cc1ccc([N+](=O)[O-])cc1)C(=O)Nc1cc([N+](=O)[O-])ccc1Cl. The molecular weight excluding hydrogens is 364 g/mol. The van der Waals surface area contributed by atoms with E-state index in [0.29, 0.717) is 5.56 Å². The molecule has 9 nitrogen and oxygen atoms in total. The molecule has 2 aromatic rings. The van der Waals surface area contributed by atoms with Crippen molar-refractivity contribution in [3.05, 3.63) is 78.9 Å². The number of carbonyl (C=O) groups is 1. The van der Waals surface area contributed by atoms with Crippen LogP contribution < -0.4 is 5.32 Å². The number of hydrogen-bond donors (Lipinski definition) is 1. The molecule has 26 heavy (non-hydrogen) atoms. The molecule has 130 valence electrons. The van der Waals surface area contributed by atoms with Gasteiger partial charge in [-0.05, 0) is 29.8 Å². The molecule has 0 aliphatic carbocycles.